The second-order valence-corrected chi connectivity index (χ2v) is 3.73. The van der Waals surface area contributed by atoms with Crippen molar-refractivity contribution in [3.8, 4) is 0 Å². The average Bonchev–Trinajstić information content (AvgIpc) is 2.29. The fraction of sp³-hybridized carbons (Fsp3) is 0. The van der Waals surface area contributed by atoms with Gasteiger partial charge in [-0.25, -0.2) is 4.98 Å². The smallest absolute Gasteiger partial charge is 0.129 e. The molecule has 0 aliphatic carbocycles. The van der Waals surface area contributed by atoms with Crippen LogP contribution in [0.25, 0.3) is 21.8 Å². The van der Waals surface area contributed by atoms with Crippen molar-refractivity contribution >= 4 is 33.4 Å². The van der Waals surface area contributed by atoms with E-state index in [0.29, 0.717) is 5.15 Å². The molecule has 3 aromatic rings. The van der Waals surface area contributed by atoms with Crippen LogP contribution in [0.2, 0.25) is 5.15 Å². The molecule has 0 amide bonds. The first-order chi connectivity index (χ1) is 7.34. The fourth-order valence-corrected chi connectivity index (χ4v) is 1.85. The number of hydrogen-bond donors (Lipinski definition) is 0. The van der Waals surface area contributed by atoms with Crippen molar-refractivity contribution in [2.45, 2.75) is 0 Å². The standard InChI is InChI=1S/C12H7ClN2.Cu/c13-10-6-5-9-4-3-8-2-1-7-14-11(8)12(9)15-10;/h1-7H;. The van der Waals surface area contributed by atoms with E-state index in [-0.39, 0.29) is 17.1 Å². The van der Waals surface area contributed by atoms with Crippen LogP contribution in [0.5, 0.6) is 0 Å². The van der Waals surface area contributed by atoms with Crippen LogP contribution in [0, 0.1) is 0 Å². The SMILES string of the molecule is Clc1ccc2ccc3cccnc3c2n1.[Cu]. The minimum atomic E-state index is 0. The Bertz CT molecular complexity index is 655. The number of halogens is 1. The molecule has 0 saturated heterocycles. The molecular formula is C12H7ClCuN2. The zero-order valence-corrected chi connectivity index (χ0v) is 9.81. The molecule has 0 fully saturated rings. The van der Waals surface area contributed by atoms with Crippen LogP contribution in [0.15, 0.2) is 42.6 Å². The Morgan fingerprint density at radius 1 is 0.875 bits per heavy atom. The second kappa shape index (κ2) is 4.38. The Morgan fingerprint density at radius 2 is 1.56 bits per heavy atom. The van der Waals surface area contributed by atoms with Gasteiger partial charge in [0.2, 0.25) is 0 Å². The molecule has 83 valence electrons. The van der Waals surface area contributed by atoms with Crippen LogP contribution in [0.3, 0.4) is 0 Å². The summed E-state index contributed by atoms with van der Waals surface area (Å²) in [6.45, 7) is 0. The summed E-state index contributed by atoms with van der Waals surface area (Å²) in [4.78, 5) is 8.64. The van der Waals surface area contributed by atoms with E-state index in [9.17, 15) is 0 Å². The minimum Gasteiger partial charge on any atom is -0.254 e. The first-order valence-corrected chi connectivity index (χ1v) is 5.02. The van der Waals surface area contributed by atoms with Gasteiger partial charge in [-0.15, -0.1) is 0 Å². The number of aromatic nitrogens is 2. The second-order valence-electron chi connectivity index (χ2n) is 3.35. The Kier molecular flexibility index (Phi) is 3.10. The summed E-state index contributed by atoms with van der Waals surface area (Å²) < 4.78 is 0. The molecule has 0 unspecified atom stereocenters. The zero-order chi connectivity index (χ0) is 10.3. The van der Waals surface area contributed by atoms with E-state index in [1.54, 1.807) is 12.3 Å². The molecule has 1 radical (unpaired) electrons. The molecule has 0 saturated carbocycles. The first-order valence-electron chi connectivity index (χ1n) is 4.64. The van der Waals surface area contributed by atoms with Crippen molar-refractivity contribution in [1.82, 2.24) is 9.97 Å². The van der Waals surface area contributed by atoms with Gasteiger partial charge in [0, 0.05) is 34.0 Å². The summed E-state index contributed by atoms with van der Waals surface area (Å²) in [5.74, 6) is 0. The van der Waals surface area contributed by atoms with Gasteiger partial charge in [0.1, 0.15) is 5.15 Å². The third-order valence-electron chi connectivity index (χ3n) is 2.40. The van der Waals surface area contributed by atoms with E-state index in [2.05, 4.69) is 9.97 Å². The number of nitrogens with zero attached hydrogens (tertiary/aromatic N) is 2. The van der Waals surface area contributed by atoms with Gasteiger partial charge in [0.25, 0.3) is 0 Å². The number of pyridine rings is 2. The van der Waals surface area contributed by atoms with E-state index in [1.165, 1.54) is 0 Å². The summed E-state index contributed by atoms with van der Waals surface area (Å²) >= 11 is 5.88. The third-order valence-corrected chi connectivity index (χ3v) is 2.61. The Hall–Kier alpha value is -1.15. The summed E-state index contributed by atoms with van der Waals surface area (Å²) in [6, 6.07) is 11.8. The van der Waals surface area contributed by atoms with E-state index < -0.39 is 0 Å². The van der Waals surface area contributed by atoms with E-state index in [4.69, 9.17) is 11.6 Å². The van der Waals surface area contributed by atoms with Crippen molar-refractivity contribution in [3.05, 3.63) is 47.7 Å². The van der Waals surface area contributed by atoms with Crippen LogP contribution in [-0.4, -0.2) is 9.97 Å². The molecule has 4 heteroatoms. The molecule has 0 bridgehead atoms. The molecule has 16 heavy (non-hydrogen) atoms. The van der Waals surface area contributed by atoms with Gasteiger partial charge >= 0.3 is 0 Å². The van der Waals surface area contributed by atoms with Gasteiger partial charge < -0.3 is 0 Å². The topological polar surface area (TPSA) is 25.8 Å². The van der Waals surface area contributed by atoms with Crippen molar-refractivity contribution in [1.29, 1.82) is 0 Å². The largest absolute Gasteiger partial charge is 0.254 e. The minimum absolute atomic E-state index is 0. The molecular weight excluding hydrogens is 271 g/mol. The average molecular weight is 278 g/mol. The molecule has 0 atom stereocenters. The summed E-state index contributed by atoms with van der Waals surface area (Å²) in [7, 11) is 0. The van der Waals surface area contributed by atoms with E-state index in [0.717, 1.165) is 21.8 Å². The van der Waals surface area contributed by atoms with Crippen molar-refractivity contribution in [2.24, 2.45) is 0 Å². The van der Waals surface area contributed by atoms with Gasteiger partial charge in [-0.2, -0.15) is 0 Å². The molecule has 2 aromatic heterocycles. The van der Waals surface area contributed by atoms with Gasteiger partial charge in [0.05, 0.1) is 11.0 Å². The molecule has 3 rings (SSSR count). The molecule has 2 nitrogen and oxygen atoms in total. The predicted molar refractivity (Wildman–Crippen MR) is 62.1 cm³/mol. The van der Waals surface area contributed by atoms with Crippen molar-refractivity contribution in [3.63, 3.8) is 0 Å². The maximum atomic E-state index is 5.88. The van der Waals surface area contributed by atoms with Crippen LogP contribution in [0.1, 0.15) is 0 Å². The molecule has 0 spiro atoms. The molecule has 0 aliphatic heterocycles. The third kappa shape index (κ3) is 1.78. The number of rotatable bonds is 0. The van der Waals surface area contributed by atoms with Crippen molar-refractivity contribution < 1.29 is 17.1 Å². The quantitative estimate of drug-likeness (QED) is 0.357. The first kappa shape index (κ1) is 11.3. The van der Waals surface area contributed by atoms with Gasteiger partial charge in [-0.05, 0) is 18.2 Å². The van der Waals surface area contributed by atoms with E-state index >= 15 is 0 Å². The van der Waals surface area contributed by atoms with Gasteiger partial charge in [-0.1, -0.05) is 29.8 Å². The van der Waals surface area contributed by atoms with Crippen LogP contribution < -0.4 is 0 Å². The fourth-order valence-electron chi connectivity index (χ4n) is 1.70. The zero-order valence-electron chi connectivity index (χ0n) is 8.12. The van der Waals surface area contributed by atoms with E-state index in [1.807, 2.05) is 30.3 Å². The molecule has 1 aromatic carbocycles. The summed E-state index contributed by atoms with van der Waals surface area (Å²) in [6.07, 6.45) is 1.77. The molecule has 0 aliphatic rings. The molecule has 2 heterocycles. The number of benzene rings is 1. The Labute approximate surface area is 108 Å². The maximum Gasteiger partial charge on any atom is 0.129 e. The van der Waals surface area contributed by atoms with Gasteiger partial charge in [0.15, 0.2) is 0 Å². The number of hydrogen-bond acceptors (Lipinski definition) is 2. The molecule has 0 N–H and O–H groups in total. The normalized spacial score (nSPS) is 10.3. The van der Waals surface area contributed by atoms with Crippen molar-refractivity contribution in [2.75, 3.05) is 0 Å². The Balaban J connectivity index is 0.000000963. The maximum absolute atomic E-state index is 5.88. The van der Waals surface area contributed by atoms with Crippen LogP contribution in [-0.2, 0) is 17.1 Å². The Morgan fingerprint density at radius 3 is 2.38 bits per heavy atom. The van der Waals surface area contributed by atoms with Crippen LogP contribution in [0.4, 0.5) is 0 Å². The summed E-state index contributed by atoms with van der Waals surface area (Å²) in [5.41, 5.74) is 1.76. The monoisotopic (exact) mass is 277 g/mol. The van der Waals surface area contributed by atoms with Crippen LogP contribution >= 0.6 is 11.6 Å². The number of fused-ring (bicyclic) bond motifs is 3. The van der Waals surface area contributed by atoms with Gasteiger partial charge in [-0.3, -0.25) is 4.98 Å². The predicted octanol–water partition coefficient (Wildman–Crippen LogP) is 3.43. The summed E-state index contributed by atoms with van der Waals surface area (Å²) in [5, 5.41) is 2.64.